The van der Waals surface area contributed by atoms with Crippen molar-refractivity contribution < 1.29 is 13.6 Å². The van der Waals surface area contributed by atoms with E-state index in [4.69, 9.17) is 19.8 Å². The molecular formula is C34H65N8O3P. The van der Waals surface area contributed by atoms with Gasteiger partial charge in [0.15, 0.2) is 0 Å². The Balaban J connectivity index is 1.14. The van der Waals surface area contributed by atoms with Gasteiger partial charge in [0.05, 0.1) is 19.4 Å². The molecule has 2 unspecified atom stereocenters. The van der Waals surface area contributed by atoms with Crippen molar-refractivity contribution in [2.75, 3.05) is 81.1 Å². The van der Waals surface area contributed by atoms with Crippen molar-refractivity contribution in [2.45, 2.75) is 116 Å². The monoisotopic (exact) mass is 664 g/mol. The van der Waals surface area contributed by atoms with Crippen LogP contribution in [0.25, 0.3) is 0 Å². The molecule has 1 aromatic heterocycles. The molecular weight excluding hydrogens is 599 g/mol. The Morgan fingerprint density at radius 3 is 2.20 bits per heavy atom. The minimum Gasteiger partial charge on any atom is -0.383 e. The first-order valence-electron chi connectivity index (χ1n) is 18.5. The van der Waals surface area contributed by atoms with E-state index in [0.717, 1.165) is 70.0 Å². The minimum absolute atomic E-state index is 0.317. The number of anilines is 3. The first kappa shape index (κ1) is 37.3. The summed E-state index contributed by atoms with van der Waals surface area (Å²) in [6, 6.07) is 3.30. The molecule has 1 saturated heterocycles. The molecule has 0 bridgehead atoms. The summed E-state index contributed by atoms with van der Waals surface area (Å²) in [6.45, 7) is 15.9. The summed E-state index contributed by atoms with van der Waals surface area (Å²) in [6.07, 6.45) is 14.5. The maximum atomic E-state index is 12.9. The largest absolute Gasteiger partial charge is 0.383 e. The van der Waals surface area contributed by atoms with E-state index in [1.54, 1.807) is 0 Å². The molecule has 2 heterocycles. The van der Waals surface area contributed by atoms with E-state index in [-0.39, 0.29) is 0 Å². The van der Waals surface area contributed by atoms with E-state index >= 15 is 0 Å². The fourth-order valence-electron chi connectivity index (χ4n) is 7.69. The Morgan fingerprint density at radius 1 is 0.891 bits per heavy atom. The van der Waals surface area contributed by atoms with Gasteiger partial charge in [-0.15, -0.1) is 0 Å². The zero-order valence-corrected chi connectivity index (χ0v) is 30.2. The molecule has 2 saturated carbocycles. The number of nitrogens with one attached hydrogen (secondary N) is 3. The van der Waals surface area contributed by atoms with E-state index in [9.17, 15) is 4.57 Å². The molecule has 2 atom stereocenters. The topological polar surface area (TPSA) is 130 Å². The Hall–Kier alpha value is -1.49. The second kappa shape index (κ2) is 19.5. The second-order valence-electron chi connectivity index (χ2n) is 14.0. The highest BCUT2D eigenvalue weighted by atomic mass is 31.2. The zero-order chi connectivity index (χ0) is 32.8. The van der Waals surface area contributed by atoms with Crippen LogP contribution in [0.2, 0.25) is 0 Å². The van der Waals surface area contributed by atoms with Crippen LogP contribution in [0.5, 0.6) is 0 Å². The molecule has 1 aromatic rings. The van der Waals surface area contributed by atoms with Crippen LogP contribution in [-0.2, 0) is 13.6 Å². The summed E-state index contributed by atoms with van der Waals surface area (Å²) in [5.74, 6) is 3.45. The third-order valence-corrected chi connectivity index (χ3v) is 12.3. The Kier molecular flexibility index (Phi) is 15.8. The SMILES string of the molecule is CCOP(=O)(CCCN1C(C)CN(c2cc(N)nc(NC[C@H]3CC[C@H](CNCCCNC4CCCCC4)CC3)n2)CC1C)OCC. The molecule has 3 aliphatic rings. The van der Waals surface area contributed by atoms with Gasteiger partial charge in [0, 0.05) is 43.8 Å². The third kappa shape index (κ3) is 12.2. The molecule has 0 aromatic carbocycles. The van der Waals surface area contributed by atoms with Crippen molar-refractivity contribution in [3.8, 4) is 0 Å². The molecule has 12 heteroatoms. The Bertz CT molecular complexity index is 1030. The number of piperazine rings is 1. The Morgan fingerprint density at radius 2 is 1.54 bits per heavy atom. The van der Waals surface area contributed by atoms with Crippen LogP contribution in [0.1, 0.15) is 98.3 Å². The molecule has 0 radical (unpaired) electrons. The first-order chi connectivity index (χ1) is 22.3. The highest BCUT2D eigenvalue weighted by molar-refractivity contribution is 7.53. The van der Waals surface area contributed by atoms with E-state index in [2.05, 4.69) is 44.6 Å². The lowest BCUT2D eigenvalue weighted by molar-refractivity contribution is 0.130. The lowest BCUT2D eigenvalue weighted by Gasteiger charge is -2.45. The lowest BCUT2D eigenvalue weighted by atomic mass is 9.82. The highest BCUT2D eigenvalue weighted by Crippen LogP contribution is 2.48. The maximum absolute atomic E-state index is 12.9. The van der Waals surface area contributed by atoms with E-state index in [1.807, 2.05) is 19.9 Å². The summed E-state index contributed by atoms with van der Waals surface area (Å²) in [5, 5.41) is 11.0. The van der Waals surface area contributed by atoms with Gasteiger partial charge in [-0.25, -0.2) is 0 Å². The van der Waals surface area contributed by atoms with Crippen molar-refractivity contribution in [1.82, 2.24) is 25.5 Å². The van der Waals surface area contributed by atoms with Gasteiger partial charge in [-0.3, -0.25) is 9.46 Å². The molecule has 46 heavy (non-hydrogen) atoms. The fourth-order valence-corrected chi connectivity index (χ4v) is 9.34. The van der Waals surface area contributed by atoms with Gasteiger partial charge < -0.3 is 35.6 Å². The van der Waals surface area contributed by atoms with Gasteiger partial charge in [0.2, 0.25) is 5.95 Å². The third-order valence-electron chi connectivity index (χ3n) is 10.2. The average molecular weight is 665 g/mol. The molecule has 0 spiro atoms. The lowest BCUT2D eigenvalue weighted by Crippen LogP contribution is -2.57. The first-order valence-corrected chi connectivity index (χ1v) is 20.2. The highest BCUT2D eigenvalue weighted by Gasteiger charge is 2.31. The maximum Gasteiger partial charge on any atom is 0.330 e. The standard InChI is InChI=1S/C34H65N8O3P/c1-5-44-46(43,45-6-2)21-11-20-42-27(3)25-41(26-28(42)4)33-22-32(35)39-34(40-33)38-24-30-16-14-29(15-17-30)23-36-18-10-19-37-31-12-8-7-9-13-31/h22,27-31,36-37H,5-21,23-26H2,1-4H3,(H3,35,38,39,40)/t27?,28?,29-,30-. The molecule has 2 aliphatic carbocycles. The quantitative estimate of drug-likeness (QED) is 0.107. The predicted molar refractivity (Wildman–Crippen MR) is 191 cm³/mol. The van der Waals surface area contributed by atoms with E-state index in [0.29, 0.717) is 49.1 Å². The van der Waals surface area contributed by atoms with Crippen LogP contribution >= 0.6 is 7.60 Å². The molecule has 0 amide bonds. The summed E-state index contributed by atoms with van der Waals surface area (Å²) in [7, 11) is -3.01. The Labute approximate surface area is 279 Å². The van der Waals surface area contributed by atoms with Crippen LogP contribution < -0.4 is 26.6 Å². The van der Waals surface area contributed by atoms with Crippen LogP contribution in [-0.4, -0.2) is 98.2 Å². The van der Waals surface area contributed by atoms with Gasteiger partial charge in [-0.1, -0.05) is 19.3 Å². The summed E-state index contributed by atoms with van der Waals surface area (Å²) in [5.41, 5.74) is 6.27. The molecule has 3 fully saturated rings. The number of rotatable bonds is 19. The number of hydrogen-bond donors (Lipinski definition) is 4. The number of hydrogen-bond acceptors (Lipinski definition) is 11. The van der Waals surface area contributed by atoms with Crippen molar-refractivity contribution in [2.24, 2.45) is 11.8 Å². The molecule has 4 rings (SSSR count). The van der Waals surface area contributed by atoms with Crippen molar-refractivity contribution in [1.29, 1.82) is 0 Å². The number of aromatic nitrogens is 2. The summed E-state index contributed by atoms with van der Waals surface area (Å²) >= 11 is 0. The van der Waals surface area contributed by atoms with Gasteiger partial charge in [0.1, 0.15) is 11.6 Å². The number of nitrogen functional groups attached to an aromatic ring is 1. The van der Waals surface area contributed by atoms with Gasteiger partial charge in [0.25, 0.3) is 0 Å². The van der Waals surface area contributed by atoms with Gasteiger partial charge >= 0.3 is 7.60 Å². The van der Waals surface area contributed by atoms with Crippen LogP contribution in [0.15, 0.2) is 6.07 Å². The summed E-state index contributed by atoms with van der Waals surface area (Å²) in [4.78, 5) is 14.2. The van der Waals surface area contributed by atoms with Gasteiger partial charge in [-0.05, 0) is 117 Å². The molecule has 11 nitrogen and oxygen atoms in total. The van der Waals surface area contributed by atoms with E-state index in [1.165, 1.54) is 64.2 Å². The molecule has 264 valence electrons. The number of nitrogens with two attached hydrogens (primary N) is 1. The second-order valence-corrected chi connectivity index (χ2v) is 16.1. The van der Waals surface area contributed by atoms with Crippen molar-refractivity contribution >= 4 is 25.2 Å². The average Bonchev–Trinajstić information content (AvgIpc) is 3.04. The zero-order valence-electron chi connectivity index (χ0n) is 29.4. The molecule has 1 aliphatic heterocycles. The molecule has 5 N–H and O–H groups in total. The van der Waals surface area contributed by atoms with Crippen LogP contribution in [0.4, 0.5) is 17.6 Å². The summed E-state index contributed by atoms with van der Waals surface area (Å²) < 4.78 is 23.9. The van der Waals surface area contributed by atoms with Crippen molar-refractivity contribution in [3.63, 3.8) is 0 Å². The van der Waals surface area contributed by atoms with E-state index < -0.39 is 7.60 Å². The normalized spacial score (nSPS) is 25.2. The minimum atomic E-state index is -3.01. The number of nitrogens with zero attached hydrogens (tertiary/aromatic N) is 4. The van der Waals surface area contributed by atoms with Crippen LogP contribution in [0.3, 0.4) is 0 Å². The van der Waals surface area contributed by atoms with Crippen molar-refractivity contribution in [3.05, 3.63) is 6.07 Å². The predicted octanol–water partition coefficient (Wildman–Crippen LogP) is 5.73. The van der Waals surface area contributed by atoms with Crippen LogP contribution in [0, 0.1) is 11.8 Å². The smallest absolute Gasteiger partial charge is 0.330 e. The van der Waals surface area contributed by atoms with Gasteiger partial charge in [-0.2, -0.15) is 9.97 Å². The fraction of sp³-hybridized carbons (Fsp3) is 0.882.